The Bertz CT molecular complexity index is 1760. The summed E-state index contributed by atoms with van der Waals surface area (Å²) in [5.74, 6) is -0.786. The topological polar surface area (TPSA) is 127 Å². The number of benzene rings is 3. The third-order valence-corrected chi connectivity index (χ3v) is 7.79. The number of thioether (sulfide) groups is 1. The fraction of sp³-hybridized carbons (Fsp3) is 0.129. The molecule has 212 valence electrons. The van der Waals surface area contributed by atoms with Gasteiger partial charge in [-0.3, -0.25) is 19.8 Å². The van der Waals surface area contributed by atoms with E-state index >= 15 is 0 Å². The number of aromatic carboxylic acids is 1. The summed E-state index contributed by atoms with van der Waals surface area (Å²) in [5, 5.41) is 21.2. The number of amidine groups is 1. The first-order chi connectivity index (χ1) is 20.2. The van der Waals surface area contributed by atoms with Crippen molar-refractivity contribution in [1.82, 2.24) is 9.47 Å². The number of carbonyl (C=O) groups excluding carboxylic acids is 1. The zero-order valence-corrected chi connectivity index (χ0v) is 23.8. The number of nitrogens with zero attached hydrogens (tertiary/aromatic N) is 4. The molecular formula is C31H26N4O6S. The lowest BCUT2D eigenvalue weighted by Crippen LogP contribution is -2.28. The van der Waals surface area contributed by atoms with Crippen molar-refractivity contribution in [3.8, 4) is 11.4 Å². The second-order valence-corrected chi connectivity index (χ2v) is 10.5. The molecular weight excluding hydrogens is 556 g/mol. The smallest absolute Gasteiger partial charge is 0.335 e. The summed E-state index contributed by atoms with van der Waals surface area (Å²) in [7, 11) is 1.51. The van der Waals surface area contributed by atoms with Crippen molar-refractivity contribution in [2.45, 2.75) is 20.4 Å². The fourth-order valence-corrected chi connectivity index (χ4v) is 5.68. The maximum Gasteiger partial charge on any atom is 0.335 e. The minimum atomic E-state index is -1.02. The van der Waals surface area contributed by atoms with E-state index in [2.05, 4.69) is 0 Å². The van der Waals surface area contributed by atoms with Gasteiger partial charge in [-0.05, 0) is 79.2 Å². The summed E-state index contributed by atoms with van der Waals surface area (Å²) in [6, 6.07) is 22.0. The number of nitro groups is 1. The minimum absolute atomic E-state index is 0.0616. The van der Waals surface area contributed by atoms with Gasteiger partial charge in [0.25, 0.3) is 11.6 Å². The van der Waals surface area contributed by atoms with E-state index in [1.807, 2.05) is 54.8 Å². The Morgan fingerprint density at radius 3 is 2.43 bits per heavy atom. The number of nitro benzene ring substituents is 1. The Kier molecular flexibility index (Phi) is 7.94. The molecule has 1 saturated heterocycles. The predicted molar refractivity (Wildman–Crippen MR) is 162 cm³/mol. The zero-order valence-electron chi connectivity index (χ0n) is 23.0. The van der Waals surface area contributed by atoms with Crippen LogP contribution >= 0.6 is 11.8 Å². The van der Waals surface area contributed by atoms with Crippen LogP contribution in [-0.4, -0.2) is 43.7 Å². The predicted octanol–water partition coefficient (Wildman–Crippen LogP) is 6.51. The first kappa shape index (κ1) is 28.4. The molecule has 1 aromatic heterocycles. The summed E-state index contributed by atoms with van der Waals surface area (Å²) in [4.78, 5) is 42.8. The van der Waals surface area contributed by atoms with Crippen molar-refractivity contribution < 1.29 is 24.4 Å². The van der Waals surface area contributed by atoms with Crippen LogP contribution in [0.4, 0.5) is 11.4 Å². The summed E-state index contributed by atoms with van der Waals surface area (Å²) in [6.45, 7) is 3.97. The van der Waals surface area contributed by atoms with Crippen LogP contribution in [0.3, 0.4) is 0 Å². The second-order valence-electron chi connectivity index (χ2n) is 9.51. The van der Waals surface area contributed by atoms with Gasteiger partial charge in [0, 0.05) is 23.5 Å². The highest BCUT2D eigenvalue weighted by atomic mass is 32.2. The fourth-order valence-electron chi connectivity index (χ4n) is 4.69. The number of carboxylic acids is 1. The number of carboxylic acid groups (broad SMARTS) is 1. The van der Waals surface area contributed by atoms with Crippen molar-refractivity contribution in [3.63, 3.8) is 0 Å². The number of hydrogen-bond acceptors (Lipinski definition) is 7. The summed E-state index contributed by atoms with van der Waals surface area (Å²) in [6.07, 6.45) is 1.80. The molecule has 0 spiro atoms. The maximum atomic E-state index is 13.7. The van der Waals surface area contributed by atoms with E-state index in [0.29, 0.717) is 27.2 Å². The molecule has 4 aromatic rings. The number of non-ortho nitro benzene ring substituents is 1. The first-order valence-electron chi connectivity index (χ1n) is 12.9. The molecule has 1 amide bonds. The van der Waals surface area contributed by atoms with Gasteiger partial charge in [0.2, 0.25) is 0 Å². The third-order valence-electron chi connectivity index (χ3n) is 6.78. The largest absolute Gasteiger partial charge is 0.495 e. The Labute approximate surface area is 245 Å². The number of rotatable bonds is 8. The van der Waals surface area contributed by atoms with Crippen molar-refractivity contribution in [2.75, 3.05) is 7.11 Å². The molecule has 1 fully saturated rings. The summed E-state index contributed by atoms with van der Waals surface area (Å²) >= 11 is 1.25. The van der Waals surface area contributed by atoms with Gasteiger partial charge < -0.3 is 14.4 Å². The molecule has 0 saturated carbocycles. The molecule has 2 heterocycles. The number of para-hydroxylation sites is 1. The highest BCUT2D eigenvalue weighted by molar-refractivity contribution is 8.18. The van der Waals surface area contributed by atoms with Crippen molar-refractivity contribution in [2.24, 2.45) is 4.99 Å². The lowest BCUT2D eigenvalue weighted by Gasteiger charge is -2.16. The molecule has 1 aliphatic heterocycles. The Morgan fingerprint density at radius 2 is 1.79 bits per heavy atom. The van der Waals surface area contributed by atoms with Gasteiger partial charge in [0.05, 0.1) is 40.4 Å². The van der Waals surface area contributed by atoms with E-state index in [1.54, 1.807) is 29.2 Å². The number of hydrogen-bond donors (Lipinski definition) is 1. The molecule has 1 aliphatic rings. The minimum Gasteiger partial charge on any atom is -0.495 e. The number of amides is 1. The SMILES string of the molecule is COc1ccc([N+](=O)[O-])cc1-n1c(C)cc(/C=C2\SC(=Nc3ccccc3)N(Cc3ccc(C(=O)O)cc3)C2=O)c1C. The van der Waals surface area contributed by atoms with E-state index in [9.17, 15) is 24.8 Å². The van der Waals surface area contributed by atoms with Crippen LogP contribution in [0.15, 0.2) is 88.8 Å². The quantitative estimate of drug-likeness (QED) is 0.142. The van der Waals surface area contributed by atoms with Crippen LogP contribution in [0.25, 0.3) is 11.8 Å². The Morgan fingerprint density at radius 1 is 1.07 bits per heavy atom. The van der Waals surface area contributed by atoms with Gasteiger partial charge in [0.15, 0.2) is 5.17 Å². The van der Waals surface area contributed by atoms with Crippen LogP contribution in [0.2, 0.25) is 0 Å². The Hall–Kier alpha value is -5.16. The second kappa shape index (κ2) is 11.8. The van der Waals surface area contributed by atoms with E-state index in [-0.39, 0.29) is 23.7 Å². The third kappa shape index (κ3) is 5.68. The van der Waals surface area contributed by atoms with Crippen LogP contribution < -0.4 is 4.74 Å². The molecule has 3 aromatic carbocycles. The van der Waals surface area contributed by atoms with Crippen molar-refractivity contribution >= 4 is 46.3 Å². The number of ether oxygens (including phenoxy) is 1. The van der Waals surface area contributed by atoms with Gasteiger partial charge in [-0.25, -0.2) is 9.79 Å². The Balaban J connectivity index is 1.54. The van der Waals surface area contributed by atoms with Gasteiger partial charge >= 0.3 is 5.97 Å². The normalized spacial score (nSPS) is 15.0. The number of carbonyl (C=O) groups is 2. The number of aryl methyl sites for hydroxylation is 1. The summed E-state index contributed by atoms with van der Waals surface area (Å²) < 4.78 is 7.36. The average Bonchev–Trinajstić information content (AvgIpc) is 3.42. The monoisotopic (exact) mass is 582 g/mol. The molecule has 11 heteroatoms. The van der Waals surface area contributed by atoms with Gasteiger partial charge in [-0.2, -0.15) is 0 Å². The highest BCUT2D eigenvalue weighted by Crippen LogP contribution is 2.37. The van der Waals surface area contributed by atoms with Crippen LogP contribution in [-0.2, 0) is 11.3 Å². The van der Waals surface area contributed by atoms with Crippen molar-refractivity contribution in [1.29, 1.82) is 0 Å². The lowest BCUT2D eigenvalue weighted by molar-refractivity contribution is -0.384. The van der Waals surface area contributed by atoms with E-state index < -0.39 is 10.9 Å². The molecule has 1 N–H and O–H groups in total. The number of aromatic nitrogens is 1. The average molecular weight is 583 g/mol. The zero-order chi connectivity index (χ0) is 30.0. The molecule has 0 atom stereocenters. The van der Waals surface area contributed by atoms with Crippen molar-refractivity contribution in [3.05, 3.63) is 122 Å². The molecule has 10 nitrogen and oxygen atoms in total. The molecule has 0 bridgehead atoms. The first-order valence-corrected chi connectivity index (χ1v) is 13.7. The van der Waals surface area contributed by atoms with E-state index in [4.69, 9.17) is 9.73 Å². The van der Waals surface area contributed by atoms with Gasteiger partial charge in [-0.15, -0.1) is 0 Å². The van der Waals surface area contributed by atoms with Crippen LogP contribution in [0.5, 0.6) is 5.75 Å². The number of aliphatic imine (C=N–C) groups is 1. The highest BCUT2D eigenvalue weighted by Gasteiger charge is 2.34. The standard InChI is InChI=1S/C31H26N4O6S/c1-19-15-23(20(2)34(19)26-17-25(35(39)40)13-14-27(26)41-3)16-28-29(36)33(18-21-9-11-22(12-10-21)30(37)38)31(42-28)32-24-7-5-4-6-8-24/h4-17H,18H2,1-3H3,(H,37,38)/b28-16-,32-31?. The van der Waals surface area contributed by atoms with Crippen LogP contribution in [0, 0.1) is 24.0 Å². The van der Waals surface area contributed by atoms with Crippen LogP contribution in [0.1, 0.15) is 32.9 Å². The molecule has 0 radical (unpaired) electrons. The molecule has 0 unspecified atom stereocenters. The molecule has 42 heavy (non-hydrogen) atoms. The van der Waals surface area contributed by atoms with Gasteiger partial charge in [-0.1, -0.05) is 30.3 Å². The maximum absolute atomic E-state index is 13.7. The van der Waals surface area contributed by atoms with E-state index in [0.717, 1.165) is 22.5 Å². The van der Waals surface area contributed by atoms with E-state index in [1.165, 1.54) is 43.1 Å². The lowest BCUT2D eigenvalue weighted by atomic mass is 10.1. The number of methoxy groups -OCH3 is 1. The summed E-state index contributed by atoms with van der Waals surface area (Å²) in [5.41, 5.74) is 4.42. The molecule has 0 aliphatic carbocycles. The molecule has 5 rings (SSSR count). The van der Waals surface area contributed by atoms with Gasteiger partial charge in [0.1, 0.15) is 5.75 Å².